The van der Waals surface area contributed by atoms with Gasteiger partial charge in [-0.05, 0) is 19.2 Å². The van der Waals surface area contributed by atoms with Gasteiger partial charge in [0.05, 0.1) is 6.54 Å². The van der Waals surface area contributed by atoms with Crippen LogP contribution >= 0.6 is 0 Å². The van der Waals surface area contributed by atoms with Crippen LogP contribution in [0, 0.1) is 11.6 Å². The number of amides is 2. The van der Waals surface area contributed by atoms with Gasteiger partial charge in [-0.15, -0.1) is 0 Å². The van der Waals surface area contributed by atoms with E-state index in [1.54, 1.807) is 7.05 Å². The standard InChI is InChI=1S/C13H17F2N3O2/c1-16-4-3-13(20)18(2)8-12(19)17-11-6-9(14)5-10(15)7-11/h5-7,16H,3-4,8H2,1-2H3,(H,17,19). The Kier molecular flexibility index (Phi) is 6.05. The molecule has 1 aromatic rings. The molecule has 0 bridgehead atoms. The van der Waals surface area contributed by atoms with Gasteiger partial charge in [-0.1, -0.05) is 0 Å². The van der Waals surface area contributed by atoms with E-state index in [0.717, 1.165) is 12.1 Å². The molecule has 1 rings (SSSR count). The molecule has 5 nitrogen and oxygen atoms in total. The minimum Gasteiger partial charge on any atom is -0.336 e. The number of anilines is 1. The highest BCUT2D eigenvalue weighted by molar-refractivity contribution is 5.94. The first-order valence-corrected chi connectivity index (χ1v) is 6.07. The van der Waals surface area contributed by atoms with Gasteiger partial charge in [0.2, 0.25) is 11.8 Å². The van der Waals surface area contributed by atoms with Gasteiger partial charge in [-0.3, -0.25) is 9.59 Å². The summed E-state index contributed by atoms with van der Waals surface area (Å²) in [4.78, 5) is 24.5. The van der Waals surface area contributed by atoms with Crippen molar-refractivity contribution in [2.45, 2.75) is 6.42 Å². The zero-order chi connectivity index (χ0) is 15.1. The first kappa shape index (κ1) is 16.0. The van der Waals surface area contributed by atoms with Crippen LogP contribution in [0.5, 0.6) is 0 Å². The second kappa shape index (κ2) is 7.54. The summed E-state index contributed by atoms with van der Waals surface area (Å²) in [5.74, 6) is -2.27. The van der Waals surface area contributed by atoms with Crippen LogP contribution in [-0.4, -0.2) is 43.9 Å². The molecule has 0 aliphatic heterocycles. The number of likely N-dealkylation sites (N-methyl/N-ethyl adjacent to an activating group) is 1. The summed E-state index contributed by atoms with van der Waals surface area (Å²) < 4.78 is 25.9. The van der Waals surface area contributed by atoms with Gasteiger partial charge in [0, 0.05) is 31.8 Å². The Labute approximate surface area is 115 Å². The van der Waals surface area contributed by atoms with Gasteiger partial charge in [0.15, 0.2) is 0 Å². The van der Waals surface area contributed by atoms with Gasteiger partial charge in [0.25, 0.3) is 0 Å². The maximum Gasteiger partial charge on any atom is 0.243 e. The minimum atomic E-state index is -0.779. The summed E-state index contributed by atoms with van der Waals surface area (Å²) >= 11 is 0. The zero-order valence-corrected chi connectivity index (χ0v) is 11.4. The molecule has 20 heavy (non-hydrogen) atoms. The molecule has 0 spiro atoms. The summed E-state index contributed by atoms with van der Waals surface area (Å²) in [7, 11) is 3.21. The van der Waals surface area contributed by atoms with Gasteiger partial charge >= 0.3 is 0 Å². The molecule has 2 N–H and O–H groups in total. The third-order valence-corrected chi connectivity index (χ3v) is 2.54. The second-order valence-electron chi connectivity index (χ2n) is 4.31. The molecule has 110 valence electrons. The molecule has 0 saturated carbocycles. The fourth-order valence-electron chi connectivity index (χ4n) is 1.55. The summed E-state index contributed by atoms with van der Waals surface area (Å²) in [5.41, 5.74) is 0.0172. The molecular weight excluding hydrogens is 268 g/mol. The number of carbonyl (C=O) groups excluding carboxylic acids is 2. The number of carbonyl (C=O) groups is 2. The molecular formula is C13H17F2N3O2. The number of nitrogens with zero attached hydrogens (tertiary/aromatic N) is 1. The summed E-state index contributed by atoms with van der Waals surface area (Å²) in [5, 5.41) is 5.16. The smallest absolute Gasteiger partial charge is 0.243 e. The SMILES string of the molecule is CNCCC(=O)N(C)CC(=O)Nc1cc(F)cc(F)c1. The van der Waals surface area contributed by atoms with E-state index in [9.17, 15) is 18.4 Å². The highest BCUT2D eigenvalue weighted by atomic mass is 19.1. The topological polar surface area (TPSA) is 61.4 Å². The predicted octanol–water partition coefficient (Wildman–Crippen LogP) is 0.971. The Morgan fingerprint density at radius 1 is 1.20 bits per heavy atom. The highest BCUT2D eigenvalue weighted by Crippen LogP contribution is 2.12. The lowest BCUT2D eigenvalue weighted by molar-refractivity contribution is -0.133. The van der Waals surface area contributed by atoms with E-state index in [4.69, 9.17) is 0 Å². The Hall–Kier alpha value is -2.02. The average Bonchev–Trinajstić information content (AvgIpc) is 2.34. The van der Waals surface area contributed by atoms with Crippen molar-refractivity contribution in [2.24, 2.45) is 0 Å². The quantitative estimate of drug-likeness (QED) is 0.819. The van der Waals surface area contributed by atoms with E-state index >= 15 is 0 Å². The molecule has 1 aromatic carbocycles. The van der Waals surface area contributed by atoms with Crippen LogP contribution in [-0.2, 0) is 9.59 Å². The van der Waals surface area contributed by atoms with E-state index < -0.39 is 17.5 Å². The van der Waals surface area contributed by atoms with Crippen molar-refractivity contribution in [3.8, 4) is 0 Å². The number of rotatable bonds is 6. The fraction of sp³-hybridized carbons (Fsp3) is 0.385. The van der Waals surface area contributed by atoms with E-state index in [1.807, 2.05) is 0 Å². The van der Waals surface area contributed by atoms with Gasteiger partial charge in [-0.25, -0.2) is 8.78 Å². The molecule has 0 saturated heterocycles. The van der Waals surface area contributed by atoms with E-state index in [-0.39, 0.29) is 24.6 Å². The molecule has 0 atom stereocenters. The molecule has 0 unspecified atom stereocenters. The lowest BCUT2D eigenvalue weighted by Crippen LogP contribution is -2.36. The van der Waals surface area contributed by atoms with Crippen molar-refractivity contribution in [2.75, 3.05) is 32.5 Å². The van der Waals surface area contributed by atoms with Crippen LogP contribution in [0.1, 0.15) is 6.42 Å². The second-order valence-corrected chi connectivity index (χ2v) is 4.31. The molecule has 0 heterocycles. The Morgan fingerprint density at radius 2 is 1.80 bits per heavy atom. The van der Waals surface area contributed by atoms with Gasteiger partial charge in [-0.2, -0.15) is 0 Å². The third kappa shape index (κ3) is 5.31. The van der Waals surface area contributed by atoms with Crippen molar-refractivity contribution < 1.29 is 18.4 Å². The van der Waals surface area contributed by atoms with E-state index in [1.165, 1.54) is 11.9 Å². The molecule has 0 fully saturated rings. The predicted molar refractivity (Wildman–Crippen MR) is 71.2 cm³/mol. The Balaban J connectivity index is 2.52. The number of nitrogens with one attached hydrogen (secondary N) is 2. The first-order valence-electron chi connectivity index (χ1n) is 6.07. The Morgan fingerprint density at radius 3 is 2.35 bits per heavy atom. The minimum absolute atomic E-state index is 0.0172. The number of hydrogen-bond acceptors (Lipinski definition) is 3. The summed E-state index contributed by atoms with van der Waals surface area (Å²) in [6.45, 7) is 0.334. The molecule has 0 radical (unpaired) electrons. The monoisotopic (exact) mass is 285 g/mol. The summed E-state index contributed by atoms with van der Waals surface area (Å²) in [6.07, 6.45) is 0.273. The van der Waals surface area contributed by atoms with Crippen LogP contribution in [0.2, 0.25) is 0 Å². The highest BCUT2D eigenvalue weighted by Gasteiger charge is 2.13. The third-order valence-electron chi connectivity index (χ3n) is 2.54. The largest absolute Gasteiger partial charge is 0.336 e. The normalized spacial score (nSPS) is 10.2. The Bertz CT molecular complexity index is 474. The molecule has 0 aliphatic rings. The maximum absolute atomic E-state index is 12.9. The number of halogens is 2. The molecule has 2 amide bonds. The summed E-state index contributed by atoms with van der Waals surface area (Å²) in [6, 6.07) is 2.72. The fourth-order valence-corrected chi connectivity index (χ4v) is 1.55. The first-order chi connectivity index (χ1) is 9.42. The number of hydrogen-bond donors (Lipinski definition) is 2. The van der Waals surface area contributed by atoms with Gasteiger partial charge < -0.3 is 15.5 Å². The average molecular weight is 285 g/mol. The molecule has 0 aromatic heterocycles. The van der Waals surface area contributed by atoms with E-state index in [2.05, 4.69) is 10.6 Å². The zero-order valence-electron chi connectivity index (χ0n) is 11.4. The van der Waals surface area contributed by atoms with Crippen LogP contribution < -0.4 is 10.6 Å². The van der Waals surface area contributed by atoms with E-state index in [0.29, 0.717) is 12.6 Å². The lowest BCUT2D eigenvalue weighted by atomic mass is 10.3. The van der Waals surface area contributed by atoms with Crippen LogP contribution in [0.15, 0.2) is 18.2 Å². The van der Waals surface area contributed by atoms with Crippen molar-refractivity contribution in [1.29, 1.82) is 0 Å². The van der Waals surface area contributed by atoms with Crippen molar-refractivity contribution in [3.63, 3.8) is 0 Å². The molecule has 7 heteroatoms. The van der Waals surface area contributed by atoms with Gasteiger partial charge in [0.1, 0.15) is 11.6 Å². The van der Waals surface area contributed by atoms with Crippen molar-refractivity contribution in [1.82, 2.24) is 10.2 Å². The lowest BCUT2D eigenvalue weighted by Gasteiger charge is -2.16. The van der Waals surface area contributed by atoms with Crippen LogP contribution in [0.3, 0.4) is 0 Å². The maximum atomic E-state index is 12.9. The molecule has 0 aliphatic carbocycles. The van der Waals surface area contributed by atoms with Crippen molar-refractivity contribution >= 4 is 17.5 Å². The number of benzene rings is 1. The van der Waals surface area contributed by atoms with Crippen LogP contribution in [0.4, 0.5) is 14.5 Å². The van der Waals surface area contributed by atoms with Crippen molar-refractivity contribution in [3.05, 3.63) is 29.8 Å². The van der Waals surface area contributed by atoms with Crippen LogP contribution in [0.25, 0.3) is 0 Å².